The molecule has 0 spiro atoms. The number of carbonyl (C=O) groups excluding carboxylic acids is 1. The number of fused-ring (bicyclic) bond motifs is 1. The summed E-state index contributed by atoms with van der Waals surface area (Å²) in [5, 5.41) is 6.47. The van der Waals surface area contributed by atoms with Gasteiger partial charge in [-0.25, -0.2) is 29.1 Å². The van der Waals surface area contributed by atoms with Crippen LogP contribution in [-0.4, -0.2) is 51.8 Å². The number of aromatic nitrogens is 4. The summed E-state index contributed by atoms with van der Waals surface area (Å²) in [5.41, 5.74) is 1.68. The van der Waals surface area contributed by atoms with Crippen molar-refractivity contribution in [3.05, 3.63) is 41.6 Å². The monoisotopic (exact) mass is 460 g/mol. The Labute approximate surface area is 188 Å². The smallest absolute Gasteiger partial charge is 0.331 e. The summed E-state index contributed by atoms with van der Waals surface area (Å²) in [6.45, 7) is -0.0257. The highest BCUT2D eigenvalue weighted by atomic mass is 35.5. The van der Waals surface area contributed by atoms with Crippen molar-refractivity contribution in [1.29, 1.82) is 0 Å². The molecule has 1 aromatic carbocycles. The predicted molar refractivity (Wildman–Crippen MR) is 117 cm³/mol. The highest BCUT2D eigenvalue weighted by molar-refractivity contribution is 6.31. The topological polar surface area (TPSA) is 111 Å². The summed E-state index contributed by atoms with van der Waals surface area (Å²) in [6, 6.07) is 4.51. The number of anilines is 3. The second kappa shape index (κ2) is 10.0. The zero-order valence-corrected chi connectivity index (χ0v) is 18.1. The summed E-state index contributed by atoms with van der Waals surface area (Å²) >= 11 is 5.87. The SMILES string of the molecule is COC(=O)COC1CCC(Nc2ncc3ncnc(Nc4ccc(F)c(Cl)c4)c3n2)CC1. The van der Waals surface area contributed by atoms with E-state index >= 15 is 0 Å². The number of nitrogens with zero attached hydrogens (tertiary/aromatic N) is 4. The molecule has 1 saturated carbocycles. The van der Waals surface area contributed by atoms with Crippen LogP contribution < -0.4 is 10.6 Å². The molecular formula is C21H22ClFN6O3. The van der Waals surface area contributed by atoms with Crippen LogP contribution in [0.4, 0.5) is 21.8 Å². The van der Waals surface area contributed by atoms with Gasteiger partial charge in [0.05, 0.1) is 24.4 Å². The fourth-order valence-electron chi connectivity index (χ4n) is 3.53. The molecule has 0 radical (unpaired) electrons. The number of rotatable bonds is 7. The van der Waals surface area contributed by atoms with Crippen molar-refractivity contribution in [3.63, 3.8) is 0 Å². The Morgan fingerprint density at radius 1 is 1.22 bits per heavy atom. The highest BCUT2D eigenvalue weighted by Gasteiger charge is 2.23. The number of hydrogen-bond acceptors (Lipinski definition) is 9. The molecule has 32 heavy (non-hydrogen) atoms. The number of methoxy groups -OCH3 is 1. The molecular weight excluding hydrogens is 439 g/mol. The first-order valence-electron chi connectivity index (χ1n) is 10.2. The van der Waals surface area contributed by atoms with Gasteiger partial charge in [0.15, 0.2) is 5.82 Å². The van der Waals surface area contributed by atoms with Crippen LogP contribution in [0.1, 0.15) is 25.7 Å². The van der Waals surface area contributed by atoms with E-state index in [9.17, 15) is 9.18 Å². The Morgan fingerprint density at radius 3 is 2.78 bits per heavy atom. The summed E-state index contributed by atoms with van der Waals surface area (Å²) in [4.78, 5) is 28.6. The van der Waals surface area contributed by atoms with Gasteiger partial charge in [-0.3, -0.25) is 0 Å². The minimum absolute atomic E-state index is 0.0107. The van der Waals surface area contributed by atoms with Gasteiger partial charge in [0.2, 0.25) is 5.95 Å². The molecule has 0 unspecified atom stereocenters. The first kappa shape index (κ1) is 22.1. The van der Waals surface area contributed by atoms with Crippen LogP contribution in [0.3, 0.4) is 0 Å². The van der Waals surface area contributed by atoms with E-state index < -0.39 is 5.82 Å². The number of esters is 1. The molecule has 0 saturated heterocycles. The van der Waals surface area contributed by atoms with Gasteiger partial charge in [-0.05, 0) is 43.9 Å². The molecule has 2 N–H and O–H groups in total. The van der Waals surface area contributed by atoms with E-state index in [4.69, 9.17) is 16.3 Å². The quantitative estimate of drug-likeness (QED) is 0.507. The molecule has 0 bridgehead atoms. The van der Waals surface area contributed by atoms with Crippen molar-refractivity contribution < 1.29 is 18.7 Å². The van der Waals surface area contributed by atoms with Crippen molar-refractivity contribution >= 4 is 46.1 Å². The second-order valence-corrected chi connectivity index (χ2v) is 7.82. The first-order chi connectivity index (χ1) is 15.5. The van der Waals surface area contributed by atoms with E-state index in [1.165, 1.54) is 25.6 Å². The first-order valence-corrected chi connectivity index (χ1v) is 10.5. The summed E-state index contributed by atoms with van der Waals surface area (Å²) in [7, 11) is 1.34. The van der Waals surface area contributed by atoms with Crippen molar-refractivity contribution in [3.8, 4) is 0 Å². The van der Waals surface area contributed by atoms with Gasteiger partial charge >= 0.3 is 5.97 Å². The van der Waals surface area contributed by atoms with Crippen LogP contribution in [0, 0.1) is 5.82 Å². The average molecular weight is 461 g/mol. The van der Waals surface area contributed by atoms with Crippen molar-refractivity contribution in [1.82, 2.24) is 19.9 Å². The molecule has 11 heteroatoms. The molecule has 2 heterocycles. The zero-order valence-electron chi connectivity index (χ0n) is 17.3. The molecule has 2 aromatic heterocycles. The van der Waals surface area contributed by atoms with Gasteiger partial charge < -0.3 is 20.1 Å². The van der Waals surface area contributed by atoms with Crippen LogP contribution in [0.2, 0.25) is 5.02 Å². The van der Waals surface area contributed by atoms with E-state index in [-0.39, 0.29) is 29.7 Å². The van der Waals surface area contributed by atoms with Crippen molar-refractivity contribution in [2.24, 2.45) is 0 Å². The number of ether oxygens (including phenoxy) is 2. The van der Waals surface area contributed by atoms with Crippen LogP contribution in [0.25, 0.3) is 11.0 Å². The molecule has 9 nitrogen and oxygen atoms in total. The van der Waals surface area contributed by atoms with E-state index in [0.29, 0.717) is 28.5 Å². The Bertz CT molecular complexity index is 1110. The third-order valence-corrected chi connectivity index (χ3v) is 5.52. The van der Waals surface area contributed by atoms with Gasteiger partial charge in [0, 0.05) is 11.7 Å². The molecule has 0 atom stereocenters. The maximum Gasteiger partial charge on any atom is 0.331 e. The number of halogens is 2. The highest BCUT2D eigenvalue weighted by Crippen LogP contribution is 2.27. The molecule has 1 aliphatic carbocycles. The van der Waals surface area contributed by atoms with Crippen molar-refractivity contribution in [2.45, 2.75) is 37.8 Å². The van der Waals surface area contributed by atoms with Crippen LogP contribution >= 0.6 is 11.6 Å². The minimum atomic E-state index is -0.496. The third-order valence-electron chi connectivity index (χ3n) is 5.23. The van der Waals surface area contributed by atoms with Gasteiger partial charge in [-0.2, -0.15) is 0 Å². The number of carbonyl (C=O) groups is 1. The Hall–Kier alpha value is -3.11. The zero-order chi connectivity index (χ0) is 22.5. The summed E-state index contributed by atoms with van der Waals surface area (Å²) in [6.07, 6.45) is 6.43. The minimum Gasteiger partial charge on any atom is -0.467 e. The van der Waals surface area contributed by atoms with Crippen molar-refractivity contribution in [2.75, 3.05) is 24.4 Å². The standard InChI is InChI=1S/C21H22ClFN6O3/c1-31-18(30)10-32-14-5-2-12(3-6-14)28-21-24-9-17-19(29-21)20(26-11-25-17)27-13-4-7-16(23)15(22)8-13/h4,7-9,11-12,14H,2-3,5-6,10H2,1H3,(H,24,28,29)(H,25,26,27). The Balaban J connectivity index is 1.43. The Morgan fingerprint density at radius 2 is 2.03 bits per heavy atom. The van der Waals surface area contributed by atoms with Crippen LogP contribution in [-0.2, 0) is 14.3 Å². The van der Waals surface area contributed by atoms with Gasteiger partial charge in [-0.15, -0.1) is 0 Å². The fourth-order valence-corrected chi connectivity index (χ4v) is 3.71. The maximum atomic E-state index is 13.4. The normalized spacial score (nSPS) is 18.3. The molecule has 4 rings (SSSR count). The summed E-state index contributed by atoms with van der Waals surface area (Å²) in [5.74, 6) is 0.0582. The largest absolute Gasteiger partial charge is 0.467 e. The lowest BCUT2D eigenvalue weighted by molar-refractivity contribution is -0.148. The molecule has 168 valence electrons. The molecule has 0 aliphatic heterocycles. The third kappa shape index (κ3) is 5.38. The average Bonchev–Trinajstić information content (AvgIpc) is 2.81. The van der Waals surface area contributed by atoms with E-state index in [1.807, 2.05) is 0 Å². The Kier molecular flexibility index (Phi) is 6.91. The van der Waals surface area contributed by atoms with Gasteiger partial charge in [-0.1, -0.05) is 11.6 Å². The number of hydrogen-bond donors (Lipinski definition) is 2. The fraction of sp³-hybridized carbons (Fsp3) is 0.381. The second-order valence-electron chi connectivity index (χ2n) is 7.41. The number of benzene rings is 1. The predicted octanol–water partition coefficient (Wildman–Crippen LogP) is 3.87. The molecule has 1 fully saturated rings. The van der Waals surface area contributed by atoms with Crippen LogP contribution in [0.15, 0.2) is 30.7 Å². The van der Waals surface area contributed by atoms with E-state index in [0.717, 1.165) is 25.7 Å². The van der Waals surface area contributed by atoms with Crippen LogP contribution in [0.5, 0.6) is 0 Å². The number of nitrogens with one attached hydrogen (secondary N) is 2. The lowest BCUT2D eigenvalue weighted by atomic mass is 9.93. The molecule has 1 aliphatic rings. The molecule has 3 aromatic rings. The van der Waals surface area contributed by atoms with E-state index in [1.54, 1.807) is 12.3 Å². The maximum absolute atomic E-state index is 13.4. The lowest BCUT2D eigenvalue weighted by Gasteiger charge is -2.28. The van der Waals surface area contributed by atoms with E-state index in [2.05, 4.69) is 35.3 Å². The summed E-state index contributed by atoms with van der Waals surface area (Å²) < 4.78 is 23.6. The molecule has 0 amide bonds. The lowest BCUT2D eigenvalue weighted by Crippen LogP contribution is -2.31. The van der Waals surface area contributed by atoms with Gasteiger partial charge in [0.1, 0.15) is 29.8 Å². The van der Waals surface area contributed by atoms with Gasteiger partial charge in [0.25, 0.3) is 0 Å².